The first-order valence-electron chi connectivity index (χ1n) is 10.9. The molecule has 0 aromatic carbocycles. The van der Waals surface area contributed by atoms with Crippen molar-refractivity contribution in [2.75, 3.05) is 0 Å². The molecule has 6 N–H and O–H groups in total. The molecule has 0 bridgehead atoms. The predicted molar refractivity (Wildman–Crippen MR) is 109 cm³/mol. The standard InChI is InChI=1S/C22H42N2O4/c1-7-13(2)8-9-15-14(3)17(28-22(24,26)27)12-18-20(4,5)11-10-16(19(23)25)21(15,18)6/h13-18,26-27H,7-12,24H2,1-6H3,(H2,23,25)/t13-,14-,15+,16?,17-,18+,21+/m1/s1. The summed E-state index contributed by atoms with van der Waals surface area (Å²) in [5, 5.41) is 19.4. The minimum atomic E-state index is -2.64. The lowest BCUT2D eigenvalue weighted by Gasteiger charge is -2.63. The van der Waals surface area contributed by atoms with E-state index in [1.807, 2.05) is 0 Å². The number of rotatable bonds is 7. The Morgan fingerprint density at radius 2 is 1.93 bits per heavy atom. The molecular formula is C22H42N2O4. The van der Waals surface area contributed by atoms with Crippen molar-refractivity contribution in [1.29, 1.82) is 0 Å². The molecule has 164 valence electrons. The molecule has 2 aliphatic carbocycles. The first-order valence-corrected chi connectivity index (χ1v) is 10.9. The largest absolute Gasteiger partial charge is 0.369 e. The van der Waals surface area contributed by atoms with E-state index in [-0.39, 0.29) is 46.5 Å². The van der Waals surface area contributed by atoms with E-state index < -0.39 is 6.10 Å². The Bertz CT molecular complexity index is 559. The van der Waals surface area contributed by atoms with Crippen LogP contribution in [0.3, 0.4) is 0 Å². The molecule has 2 saturated carbocycles. The summed E-state index contributed by atoms with van der Waals surface area (Å²) in [7, 11) is 0. The monoisotopic (exact) mass is 398 g/mol. The van der Waals surface area contributed by atoms with Gasteiger partial charge in [-0.1, -0.05) is 54.4 Å². The molecule has 0 heterocycles. The number of carbonyl (C=O) groups is 1. The summed E-state index contributed by atoms with van der Waals surface area (Å²) in [6.45, 7) is 13.3. The van der Waals surface area contributed by atoms with Crippen LogP contribution >= 0.6 is 0 Å². The average molecular weight is 399 g/mol. The van der Waals surface area contributed by atoms with E-state index in [9.17, 15) is 15.0 Å². The van der Waals surface area contributed by atoms with Crippen LogP contribution in [0.15, 0.2) is 0 Å². The third-order valence-electron chi connectivity index (χ3n) is 8.35. The topological polar surface area (TPSA) is 119 Å². The highest BCUT2D eigenvalue weighted by Crippen LogP contribution is 2.64. The van der Waals surface area contributed by atoms with Gasteiger partial charge in [0.25, 0.3) is 0 Å². The van der Waals surface area contributed by atoms with E-state index in [0.717, 1.165) is 32.1 Å². The number of fused-ring (bicyclic) bond motifs is 1. The summed E-state index contributed by atoms with van der Waals surface area (Å²) in [4.78, 5) is 12.5. The maximum Gasteiger partial charge on any atom is 0.343 e. The molecule has 0 aliphatic heterocycles. The maximum atomic E-state index is 12.5. The fourth-order valence-corrected chi connectivity index (χ4v) is 6.52. The van der Waals surface area contributed by atoms with Crippen molar-refractivity contribution < 1.29 is 19.7 Å². The molecule has 0 aromatic rings. The summed E-state index contributed by atoms with van der Waals surface area (Å²) in [6.07, 6.45) is 2.52. The van der Waals surface area contributed by atoms with Gasteiger partial charge in [0.15, 0.2) is 0 Å². The van der Waals surface area contributed by atoms with Crippen LogP contribution in [0.25, 0.3) is 0 Å². The number of amides is 1. The van der Waals surface area contributed by atoms with Crippen molar-refractivity contribution in [2.24, 2.45) is 51.9 Å². The third-order valence-corrected chi connectivity index (χ3v) is 8.35. The van der Waals surface area contributed by atoms with Crippen molar-refractivity contribution in [1.82, 2.24) is 0 Å². The number of carbonyl (C=O) groups excluding carboxylic acids is 1. The zero-order valence-electron chi connectivity index (χ0n) is 18.6. The van der Waals surface area contributed by atoms with Crippen LogP contribution in [-0.4, -0.2) is 28.3 Å². The van der Waals surface area contributed by atoms with Gasteiger partial charge in [-0.15, -0.1) is 0 Å². The highest BCUT2D eigenvalue weighted by Gasteiger charge is 2.61. The predicted octanol–water partition coefficient (Wildman–Crippen LogP) is 2.95. The molecular weight excluding hydrogens is 356 g/mol. The Kier molecular flexibility index (Phi) is 6.92. The van der Waals surface area contributed by atoms with Crippen LogP contribution < -0.4 is 11.5 Å². The van der Waals surface area contributed by atoms with E-state index in [4.69, 9.17) is 16.2 Å². The minimum absolute atomic E-state index is 0.0131. The van der Waals surface area contributed by atoms with Gasteiger partial charge in [-0.2, -0.15) is 0 Å². The van der Waals surface area contributed by atoms with Crippen molar-refractivity contribution in [3.63, 3.8) is 0 Å². The molecule has 6 heteroatoms. The molecule has 0 radical (unpaired) electrons. The fourth-order valence-electron chi connectivity index (χ4n) is 6.52. The van der Waals surface area contributed by atoms with Crippen LogP contribution in [0.2, 0.25) is 0 Å². The summed E-state index contributed by atoms with van der Waals surface area (Å²) in [5.74, 6) is 0.662. The van der Waals surface area contributed by atoms with Crippen LogP contribution in [0.4, 0.5) is 0 Å². The number of primary amides is 1. The van der Waals surface area contributed by atoms with Gasteiger partial charge in [-0.05, 0) is 60.2 Å². The molecule has 1 unspecified atom stereocenters. The zero-order chi connectivity index (χ0) is 21.5. The van der Waals surface area contributed by atoms with E-state index in [1.54, 1.807) is 0 Å². The lowest BCUT2D eigenvalue weighted by atomic mass is 9.42. The number of nitrogens with two attached hydrogens (primary N) is 2. The second-order valence-electron chi connectivity index (χ2n) is 10.5. The van der Waals surface area contributed by atoms with Crippen molar-refractivity contribution in [3.8, 4) is 0 Å². The number of hydrogen-bond acceptors (Lipinski definition) is 5. The highest BCUT2D eigenvalue weighted by atomic mass is 16.8. The van der Waals surface area contributed by atoms with Crippen LogP contribution in [0.5, 0.6) is 0 Å². The third kappa shape index (κ3) is 4.55. The molecule has 2 rings (SSSR count). The van der Waals surface area contributed by atoms with Crippen molar-refractivity contribution >= 4 is 5.91 Å². The molecule has 0 spiro atoms. The van der Waals surface area contributed by atoms with Crippen LogP contribution in [-0.2, 0) is 9.53 Å². The lowest BCUT2D eigenvalue weighted by Crippen LogP contribution is -2.62. The van der Waals surface area contributed by atoms with Gasteiger partial charge < -0.3 is 20.7 Å². The second-order valence-corrected chi connectivity index (χ2v) is 10.5. The first-order chi connectivity index (χ1) is 12.7. The molecule has 0 aromatic heterocycles. The Morgan fingerprint density at radius 1 is 1.32 bits per heavy atom. The normalized spacial score (nSPS) is 39.2. The Balaban J connectivity index is 2.47. The fraction of sp³-hybridized carbons (Fsp3) is 0.955. The second kappa shape index (κ2) is 8.21. The number of aliphatic hydroxyl groups is 2. The number of hydrogen-bond donors (Lipinski definition) is 4. The summed E-state index contributed by atoms with van der Waals surface area (Å²) in [5.41, 5.74) is 11.1. The average Bonchev–Trinajstić information content (AvgIpc) is 2.54. The van der Waals surface area contributed by atoms with E-state index in [2.05, 4.69) is 41.5 Å². The molecule has 7 atom stereocenters. The van der Waals surface area contributed by atoms with Gasteiger partial charge in [-0.25, -0.2) is 0 Å². The Morgan fingerprint density at radius 3 is 2.43 bits per heavy atom. The SMILES string of the molecule is CC[C@@H](C)CC[C@H]1[C@@H](C)[C@H](OC(N)(O)O)C[C@H]2C(C)(C)CCC(C(N)=O)[C@]12C. The maximum absolute atomic E-state index is 12.5. The van der Waals surface area contributed by atoms with Gasteiger partial charge in [-0.3, -0.25) is 10.5 Å². The summed E-state index contributed by atoms with van der Waals surface area (Å²) < 4.78 is 5.51. The molecule has 0 saturated heterocycles. The Hall–Kier alpha value is -0.690. The van der Waals surface area contributed by atoms with Gasteiger partial charge >= 0.3 is 6.10 Å². The minimum Gasteiger partial charge on any atom is -0.369 e. The lowest BCUT2D eigenvalue weighted by molar-refractivity contribution is -0.367. The zero-order valence-corrected chi connectivity index (χ0v) is 18.6. The van der Waals surface area contributed by atoms with Gasteiger partial charge in [0.1, 0.15) is 0 Å². The number of ether oxygens (including phenoxy) is 1. The molecule has 2 fully saturated rings. The van der Waals surface area contributed by atoms with E-state index in [1.165, 1.54) is 0 Å². The molecule has 1 amide bonds. The quantitative estimate of drug-likeness (QED) is 0.492. The van der Waals surface area contributed by atoms with Crippen LogP contribution in [0, 0.1) is 40.4 Å². The molecule has 28 heavy (non-hydrogen) atoms. The Labute approximate surface area is 170 Å². The van der Waals surface area contributed by atoms with E-state index in [0.29, 0.717) is 12.3 Å². The van der Waals surface area contributed by atoms with Gasteiger partial charge in [0.05, 0.1) is 6.10 Å². The van der Waals surface area contributed by atoms with Crippen molar-refractivity contribution in [2.45, 2.75) is 92.3 Å². The molecule has 2 aliphatic rings. The smallest absolute Gasteiger partial charge is 0.343 e. The summed E-state index contributed by atoms with van der Waals surface area (Å²) in [6, 6.07) is 0. The highest BCUT2D eigenvalue weighted by molar-refractivity contribution is 5.78. The molecule has 6 nitrogen and oxygen atoms in total. The first kappa shape index (κ1) is 23.6. The van der Waals surface area contributed by atoms with Gasteiger partial charge in [0, 0.05) is 5.92 Å². The van der Waals surface area contributed by atoms with Crippen molar-refractivity contribution in [3.05, 3.63) is 0 Å². The van der Waals surface area contributed by atoms with E-state index >= 15 is 0 Å². The van der Waals surface area contributed by atoms with Gasteiger partial charge in [0.2, 0.25) is 5.91 Å². The van der Waals surface area contributed by atoms with Crippen LogP contribution in [0.1, 0.15) is 80.1 Å². The summed E-state index contributed by atoms with van der Waals surface area (Å²) >= 11 is 0.